The molecule has 13 rings (SSSR count). The first-order valence-electron chi connectivity index (χ1n) is 23.7. The van der Waals surface area contributed by atoms with Gasteiger partial charge in [-0.1, -0.05) is 231 Å². The van der Waals surface area contributed by atoms with Crippen molar-refractivity contribution in [2.24, 2.45) is 0 Å². The molecule has 0 saturated heterocycles. The number of benzene rings is 11. The largest absolute Gasteiger partial charge is 0.310 e. The van der Waals surface area contributed by atoms with E-state index in [1.54, 1.807) is 0 Å². The zero-order valence-electron chi connectivity index (χ0n) is 37.8. The van der Waals surface area contributed by atoms with E-state index < -0.39 is 5.41 Å². The summed E-state index contributed by atoms with van der Waals surface area (Å²) < 4.78 is 2.62. The first-order valence-corrected chi connectivity index (χ1v) is 24.6. The van der Waals surface area contributed by atoms with Gasteiger partial charge in [-0.05, 0) is 115 Å². The molecule has 1 aliphatic carbocycles. The van der Waals surface area contributed by atoms with Crippen molar-refractivity contribution < 1.29 is 0 Å². The zero-order chi connectivity index (χ0) is 45.7. The van der Waals surface area contributed by atoms with Gasteiger partial charge in [-0.25, -0.2) is 0 Å². The first-order chi connectivity index (χ1) is 34.2. The quantitative estimate of drug-likeness (QED) is 0.140. The molecule has 0 atom stereocenters. The van der Waals surface area contributed by atoms with Crippen molar-refractivity contribution >= 4 is 48.6 Å². The van der Waals surface area contributed by atoms with Crippen LogP contribution in [-0.4, -0.2) is 0 Å². The Bertz CT molecular complexity index is 3780. The maximum Gasteiger partial charge on any atom is 0.0713 e. The molecular formula is C67H45NS. The minimum absolute atomic E-state index is 0.498. The highest BCUT2D eigenvalue weighted by molar-refractivity contribution is 7.25. The predicted octanol–water partition coefficient (Wildman–Crippen LogP) is 18.6. The number of hydrogen-bond acceptors (Lipinski definition) is 2. The summed E-state index contributed by atoms with van der Waals surface area (Å²) in [6.07, 6.45) is 0. The summed E-state index contributed by atoms with van der Waals surface area (Å²) in [4.78, 5) is 2.50. The van der Waals surface area contributed by atoms with Crippen LogP contribution in [0.5, 0.6) is 0 Å². The van der Waals surface area contributed by atoms with E-state index in [1.807, 2.05) is 11.3 Å². The number of rotatable bonds is 9. The first kappa shape index (κ1) is 40.7. The summed E-state index contributed by atoms with van der Waals surface area (Å²) in [6.45, 7) is 0. The van der Waals surface area contributed by atoms with E-state index >= 15 is 0 Å². The van der Waals surface area contributed by atoms with Crippen LogP contribution in [0.2, 0.25) is 0 Å². The Morgan fingerprint density at radius 2 is 0.812 bits per heavy atom. The lowest BCUT2D eigenvalue weighted by Gasteiger charge is -2.34. The van der Waals surface area contributed by atoms with E-state index in [-0.39, 0.29) is 0 Å². The normalized spacial score (nSPS) is 12.5. The van der Waals surface area contributed by atoms with Gasteiger partial charge in [-0.3, -0.25) is 0 Å². The van der Waals surface area contributed by atoms with Gasteiger partial charge in [-0.15, -0.1) is 11.3 Å². The molecule has 1 nitrogen and oxygen atoms in total. The van der Waals surface area contributed by atoms with Crippen molar-refractivity contribution in [3.05, 3.63) is 295 Å². The van der Waals surface area contributed by atoms with E-state index in [0.29, 0.717) is 0 Å². The molecule has 324 valence electrons. The Balaban J connectivity index is 1.06. The number of hydrogen-bond donors (Lipinski definition) is 0. The van der Waals surface area contributed by atoms with Gasteiger partial charge in [0.05, 0.1) is 11.1 Å². The van der Waals surface area contributed by atoms with Gasteiger partial charge in [0, 0.05) is 37.1 Å². The third-order valence-electron chi connectivity index (χ3n) is 14.2. The predicted molar refractivity (Wildman–Crippen MR) is 293 cm³/mol. The highest BCUT2D eigenvalue weighted by atomic mass is 32.1. The molecule has 0 radical (unpaired) electrons. The Kier molecular flexibility index (Phi) is 10.00. The molecule has 0 aliphatic heterocycles. The summed E-state index contributed by atoms with van der Waals surface area (Å²) in [5, 5.41) is 2.63. The zero-order valence-corrected chi connectivity index (χ0v) is 38.7. The fourth-order valence-electron chi connectivity index (χ4n) is 11.2. The van der Waals surface area contributed by atoms with Crippen molar-refractivity contribution in [1.82, 2.24) is 0 Å². The molecule has 1 aliphatic rings. The SMILES string of the molecule is c1ccc(-c2ccccc2-c2c(-c3ccccc3)cccc2N(c2ccc(-c3ccc4c(c3)sc3ccccc34)cc2)c2ccc3c(c2)-c2ccccc2C3(c2ccccc2)c2ccccc2)cc1. The third-order valence-corrected chi connectivity index (χ3v) is 15.3. The summed E-state index contributed by atoms with van der Waals surface area (Å²) >= 11 is 1.86. The van der Waals surface area contributed by atoms with Gasteiger partial charge >= 0.3 is 0 Å². The lowest BCUT2D eigenvalue weighted by atomic mass is 9.68. The van der Waals surface area contributed by atoms with E-state index in [1.165, 1.54) is 98.1 Å². The maximum absolute atomic E-state index is 2.50. The molecule has 69 heavy (non-hydrogen) atoms. The Morgan fingerprint density at radius 1 is 0.290 bits per heavy atom. The second kappa shape index (κ2) is 16.9. The van der Waals surface area contributed by atoms with E-state index in [4.69, 9.17) is 0 Å². The van der Waals surface area contributed by atoms with Crippen LogP contribution < -0.4 is 4.90 Å². The minimum atomic E-state index is -0.498. The molecule has 0 fully saturated rings. The molecule has 1 aromatic heterocycles. The highest BCUT2D eigenvalue weighted by Crippen LogP contribution is 2.58. The third kappa shape index (κ3) is 6.75. The average molecular weight is 896 g/mol. The molecule has 0 unspecified atom stereocenters. The molecule has 2 heteroatoms. The van der Waals surface area contributed by atoms with Gasteiger partial charge < -0.3 is 4.90 Å². The smallest absolute Gasteiger partial charge is 0.0713 e. The summed E-state index contributed by atoms with van der Waals surface area (Å²) in [5.41, 5.74) is 19.8. The van der Waals surface area contributed by atoms with Crippen molar-refractivity contribution in [2.45, 2.75) is 5.41 Å². The minimum Gasteiger partial charge on any atom is -0.310 e. The summed E-state index contributed by atoms with van der Waals surface area (Å²) in [7, 11) is 0. The van der Waals surface area contributed by atoms with Gasteiger partial charge in [0.15, 0.2) is 0 Å². The van der Waals surface area contributed by atoms with E-state index in [2.05, 4.69) is 278 Å². The molecule has 0 saturated carbocycles. The fourth-order valence-corrected chi connectivity index (χ4v) is 12.3. The second-order valence-corrected chi connectivity index (χ2v) is 19.0. The van der Waals surface area contributed by atoms with Crippen molar-refractivity contribution in [2.75, 3.05) is 4.90 Å². The van der Waals surface area contributed by atoms with Crippen molar-refractivity contribution in [3.63, 3.8) is 0 Å². The van der Waals surface area contributed by atoms with Crippen LogP contribution in [0.3, 0.4) is 0 Å². The number of thiophene rings is 1. The van der Waals surface area contributed by atoms with Crippen molar-refractivity contribution in [3.8, 4) is 55.6 Å². The summed E-state index contributed by atoms with van der Waals surface area (Å²) in [6, 6.07) is 101. The lowest BCUT2D eigenvalue weighted by molar-refractivity contribution is 0.768. The van der Waals surface area contributed by atoms with E-state index in [0.717, 1.165) is 17.1 Å². The number of nitrogens with zero attached hydrogens (tertiary/aromatic N) is 1. The van der Waals surface area contributed by atoms with E-state index in [9.17, 15) is 0 Å². The summed E-state index contributed by atoms with van der Waals surface area (Å²) in [5.74, 6) is 0. The Labute approximate surface area is 407 Å². The molecule has 1 heterocycles. The Hall–Kier alpha value is -8.56. The van der Waals surface area contributed by atoms with Crippen LogP contribution in [0.4, 0.5) is 17.1 Å². The number of anilines is 3. The van der Waals surface area contributed by atoms with Crippen molar-refractivity contribution in [1.29, 1.82) is 0 Å². The van der Waals surface area contributed by atoms with Crippen LogP contribution in [0.15, 0.2) is 273 Å². The van der Waals surface area contributed by atoms with Crippen LogP contribution >= 0.6 is 11.3 Å². The van der Waals surface area contributed by atoms with Gasteiger partial charge in [-0.2, -0.15) is 0 Å². The van der Waals surface area contributed by atoms with Crippen LogP contribution in [0.1, 0.15) is 22.3 Å². The van der Waals surface area contributed by atoms with Gasteiger partial charge in [0.1, 0.15) is 0 Å². The van der Waals surface area contributed by atoms with Gasteiger partial charge in [0.25, 0.3) is 0 Å². The number of fused-ring (bicyclic) bond motifs is 6. The Morgan fingerprint density at radius 3 is 1.52 bits per heavy atom. The second-order valence-electron chi connectivity index (χ2n) is 17.9. The molecule has 12 aromatic rings. The van der Waals surface area contributed by atoms with Crippen LogP contribution in [0.25, 0.3) is 75.8 Å². The molecule has 0 N–H and O–H groups in total. The molecule has 0 amide bonds. The monoisotopic (exact) mass is 895 g/mol. The van der Waals surface area contributed by atoms with Crippen LogP contribution in [-0.2, 0) is 5.41 Å². The highest BCUT2D eigenvalue weighted by Gasteiger charge is 2.46. The van der Waals surface area contributed by atoms with Gasteiger partial charge in [0.2, 0.25) is 0 Å². The standard InChI is InChI=1S/C67H45NS/c1-5-20-47(21-6-1)54-28-13-14-31-59(54)66-55(48-22-7-2-8-23-48)32-19-34-63(66)68(52-39-36-46(37-40-52)49-38-42-58-57-30-16-18-35-64(57)69-65(58)44-49)53-41-43-62-60(45-53)56-29-15-17-33-61(56)67(62,50-24-9-3-10-25-50)51-26-11-4-12-27-51/h1-45H. The topological polar surface area (TPSA) is 3.24 Å². The molecular weight excluding hydrogens is 851 g/mol. The average Bonchev–Trinajstić information content (AvgIpc) is 3.95. The molecule has 11 aromatic carbocycles. The molecule has 0 bridgehead atoms. The molecule has 0 spiro atoms. The van der Waals surface area contributed by atoms with Crippen LogP contribution in [0, 0.1) is 0 Å². The maximum atomic E-state index is 2.50. The fraction of sp³-hybridized carbons (Fsp3) is 0.0149. The lowest BCUT2D eigenvalue weighted by Crippen LogP contribution is -2.28.